The second kappa shape index (κ2) is 6.37. The first-order valence-corrected chi connectivity index (χ1v) is 7.13. The summed E-state index contributed by atoms with van der Waals surface area (Å²) < 4.78 is 10.8. The summed E-state index contributed by atoms with van der Waals surface area (Å²) in [6, 6.07) is 0. The van der Waals surface area contributed by atoms with Crippen LogP contribution in [0.25, 0.3) is 0 Å². The summed E-state index contributed by atoms with van der Waals surface area (Å²) >= 11 is 1.87. The lowest BCUT2D eigenvalue weighted by atomic mass is 10.2. The van der Waals surface area contributed by atoms with Gasteiger partial charge in [-0.25, -0.2) is 0 Å². The Morgan fingerprint density at radius 2 is 2.41 bits per heavy atom. The van der Waals surface area contributed by atoms with E-state index in [9.17, 15) is 0 Å². The SMILES string of the molecule is CC(C)CNCc1nc(C2CSCCO2)no1. The molecule has 0 saturated carbocycles. The van der Waals surface area contributed by atoms with E-state index < -0.39 is 0 Å². The van der Waals surface area contributed by atoms with Gasteiger partial charge in [0.05, 0.1) is 13.2 Å². The van der Waals surface area contributed by atoms with Crippen LogP contribution in [0.2, 0.25) is 0 Å². The van der Waals surface area contributed by atoms with E-state index in [-0.39, 0.29) is 6.10 Å². The van der Waals surface area contributed by atoms with E-state index in [4.69, 9.17) is 9.26 Å². The zero-order chi connectivity index (χ0) is 12.1. The minimum absolute atomic E-state index is 0.00338. The Hall–Kier alpha value is -0.590. The highest BCUT2D eigenvalue weighted by Crippen LogP contribution is 2.24. The maximum atomic E-state index is 5.59. The third kappa shape index (κ3) is 3.97. The summed E-state index contributed by atoms with van der Waals surface area (Å²) in [6.07, 6.45) is -0.00338. The summed E-state index contributed by atoms with van der Waals surface area (Å²) in [6.45, 7) is 6.68. The first kappa shape index (κ1) is 12.9. The minimum Gasteiger partial charge on any atom is -0.368 e. The molecule has 2 rings (SSSR count). The fraction of sp³-hybridized carbons (Fsp3) is 0.818. The molecule has 2 heterocycles. The van der Waals surface area contributed by atoms with Crippen LogP contribution in [0, 0.1) is 5.92 Å². The normalized spacial score (nSPS) is 21.0. The number of aromatic nitrogens is 2. The molecule has 1 atom stereocenters. The van der Waals surface area contributed by atoms with Crippen LogP contribution in [0.5, 0.6) is 0 Å². The Balaban J connectivity index is 1.82. The van der Waals surface area contributed by atoms with Crippen LogP contribution >= 0.6 is 11.8 Å². The van der Waals surface area contributed by atoms with Gasteiger partial charge in [-0.15, -0.1) is 0 Å². The van der Waals surface area contributed by atoms with Gasteiger partial charge in [0.1, 0.15) is 6.10 Å². The molecule has 0 radical (unpaired) electrons. The van der Waals surface area contributed by atoms with Crippen molar-refractivity contribution < 1.29 is 9.26 Å². The van der Waals surface area contributed by atoms with Gasteiger partial charge in [-0.05, 0) is 12.5 Å². The maximum absolute atomic E-state index is 5.59. The molecule has 0 spiro atoms. The highest BCUT2D eigenvalue weighted by molar-refractivity contribution is 7.99. The van der Waals surface area contributed by atoms with E-state index in [1.165, 1.54) is 0 Å². The third-order valence-corrected chi connectivity index (χ3v) is 3.41. The summed E-state index contributed by atoms with van der Waals surface area (Å²) in [5, 5.41) is 7.25. The van der Waals surface area contributed by atoms with E-state index in [1.54, 1.807) is 0 Å². The van der Waals surface area contributed by atoms with Crippen molar-refractivity contribution in [2.24, 2.45) is 5.92 Å². The smallest absolute Gasteiger partial charge is 0.240 e. The topological polar surface area (TPSA) is 60.2 Å². The third-order valence-electron chi connectivity index (χ3n) is 2.42. The fourth-order valence-electron chi connectivity index (χ4n) is 1.58. The second-order valence-electron chi connectivity index (χ2n) is 4.51. The number of nitrogens with one attached hydrogen (secondary N) is 1. The van der Waals surface area contributed by atoms with Gasteiger partial charge in [0.25, 0.3) is 0 Å². The molecule has 1 aromatic heterocycles. The summed E-state index contributed by atoms with van der Waals surface area (Å²) in [7, 11) is 0. The summed E-state index contributed by atoms with van der Waals surface area (Å²) in [4.78, 5) is 4.35. The van der Waals surface area contributed by atoms with Crippen LogP contribution in [0.15, 0.2) is 4.52 Å². The van der Waals surface area contributed by atoms with Crippen LogP contribution in [0.4, 0.5) is 0 Å². The Morgan fingerprint density at radius 3 is 3.12 bits per heavy atom. The van der Waals surface area contributed by atoms with Crippen LogP contribution in [0.3, 0.4) is 0 Å². The lowest BCUT2D eigenvalue weighted by Crippen LogP contribution is -2.19. The molecule has 1 saturated heterocycles. The van der Waals surface area contributed by atoms with Gasteiger partial charge in [0, 0.05) is 11.5 Å². The molecule has 1 aliphatic rings. The van der Waals surface area contributed by atoms with E-state index in [0.717, 1.165) is 24.7 Å². The van der Waals surface area contributed by atoms with Crippen molar-refractivity contribution in [3.8, 4) is 0 Å². The molecule has 0 bridgehead atoms. The first-order chi connectivity index (χ1) is 8.25. The zero-order valence-corrected chi connectivity index (χ0v) is 11.1. The Bertz CT molecular complexity index is 337. The molecular weight excluding hydrogens is 238 g/mol. The number of thioether (sulfide) groups is 1. The summed E-state index contributed by atoms with van der Waals surface area (Å²) in [5.41, 5.74) is 0. The summed E-state index contributed by atoms with van der Waals surface area (Å²) in [5.74, 6) is 3.91. The van der Waals surface area contributed by atoms with E-state index in [1.807, 2.05) is 11.8 Å². The largest absolute Gasteiger partial charge is 0.368 e. The van der Waals surface area contributed by atoms with Gasteiger partial charge < -0.3 is 14.6 Å². The standard InChI is InChI=1S/C11H19N3O2S/c1-8(2)5-12-6-10-13-11(14-16-10)9-7-17-4-3-15-9/h8-9,12H,3-7H2,1-2H3. The molecular formula is C11H19N3O2S. The molecule has 0 aliphatic carbocycles. The fourth-order valence-corrected chi connectivity index (χ4v) is 2.42. The Morgan fingerprint density at radius 1 is 1.53 bits per heavy atom. The second-order valence-corrected chi connectivity index (χ2v) is 5.66. The van der Waals surface area contributed by atoms with Gasteiger partial charge in [-0.2, -0.15) is 16.7 Å². The van der Waals surface area contributed by atoms with Crippen LogP contribution in [-0.4, -0.2) is 34.8 Å². The number of nitrogens with zero attached hydrogens (tertiary/aromatic N) is 2. The Kier molecular flexibility index (Phi) is 4.82. The first-order valence-electron chi connectivity index (χ1n) is 5.98. The zero-order valence-electron chi connectivity index (χ0n) is 10.3. The number of hydrogen-bond donors (Lipinski definition) is 1. The molecule has 6 heteroatoms. The minimum atomic E-state index is -0.00338. The molecule has 0 aromatic carbocycles. The quantitative estimate of drug-likeness (QED) is 0.865. The molecule has 1 aliphatic heterocycles. The average Bonchev–Trinajstić information content (AvgIpc) is 2.78. The maximum Gasteiger partial charge on any atom is 0.240 e. The molecule has 1 unspecified atom stereocenters. The lowest BCUT2D eigenvalue weighted by molar-refractivity contribution is 0.0677. The molecule has 1 aromatic rings. The van der Waals surface area contributed by atoms with Gasteiger partial charge in [-0.1, -0.05) is 19.0 Å². The van der Waals surface area contributed by atoms with Gasteiger partial charge in [0.2, 0.25) is 11.7 Å². The van der Waals surface area contributed by atoms with Crippen molar-refractivity contribution in [1.29, 1.82) is 0 Å². The predicted octanol–water partition coefficient (Wildman–Crippen LogP) is 1.62. The number of ether oxygens (including phenoxy) is 1. The molecule has 96 valence electrons. The van der Waals surface area contributed by atoms with Crippen molar-refractivity contribution in [1.82, 2.24) is 15.5 Å². The molecule has 17 heavy (non-hydrogen) atoms. The average molecular weight is 257 g/mol. The molecule has 5 nitrogen and oxygen atoms in total. The van der Waals surface area contributed by atoms with Crippen LogP contribution in [0.1, 0.15) is 31.7 Å². The number of hydrogen-bond acceptors (Lipinski definition) is 6. The lowest BCUT2D eigenvalue weighted by Gasteiger charge is -2.18. The predicted molar refractivity (Wildman–Crippen MR) is 66.9 cm³/mol. The van der Waals surface area contributed by atoms with E-state index in [0.29, 0.717) is 24.2 Å². The van der Waals surface area contributed by atoms with Crippen LogP contribution < -0.4 is 5.32 Å². The van der Waals surface area contributed by atoms with Crippen molar-refractivity contribution in [3.05, 3.63) is 11.7 Å². The molecule has 0 amide bonds. The van der Waals surface area contributed by atoms with Crippen molar-refractivity contribution >= 4 is 11.8 Å². The van der Waals surface area contributed by atoms with Crippen molar-refractivity contribution in [3.63, 3.8) is 0 Å². The van der Waals surface area contributed by atoms with E-state index >= 15 is 0 Å². The van der Waals surface area contributed by atoms with Gasteiger partial charge >= 0.3 is 0 Å². The molecule has 1 fully saturated rings. The van der Waals surface area contributed by atoms with Gasteiger partial charge in [0.15, 0.2) is 0 Å². The van der Waals surface area contributed by atoms with Crippen molar-refractivity contribution in [2.45, 2.75) is 26.5 Å². The van der Waals surface area contributed by atoms with Crippen molar-refractivity contribution in [2.75, 3.05) is 24.7 Å². The van der Waals surface area contributed by atoms with E-state index in [2.05, 4.69) is 29.3 Å². The van der Waals surface area contributed by atoms with Crippen LogP contribution in [-0.2, 0) is 11.3 Å². The van der Waals surface area contributed by atoms with Gasteiger partial charge in [-0.3, -0.25) is 0 Å². The highest BCUT2D eigenvalue weighted by atomic mass is 32.2. The number of rotatable bonds is 5. The molecule has 1 N–H and O–H groups in total. The Labute approximate surface area is 106 Å². The highest BCUT2D eigenvalue weighted by Gasteiger charge is 2.21. The monoisotopic (exact) mass is 257 g/mol.